The molecule has 3 nitrogen and oxygen atoms in total. The van der Waals surface area contributed by atoms with Gasteiger partial charge in [0.15, 0.2) is 0 Å². The number of likely N-dealkylation sites (tertiary alicyclic amines) is 1. The first-order chi connectivity index (χ1) is 9.74. The molecule has 1 N–H and O–H groups in total. The minimum atomic E-state index is -0.614. The van der Waals surface area contributed by atoms with Gasteiger partial charge in [0, 0.05) is 19.6 Å². The number of hydrogen-bond acceptors (Lipinski definition) is 2. The number of carboxylic acids is 1. The Morgan fingerprint density at radius 1 is 1.25 bits per heavy atom. The molecular formula is C17H21NO2. The smallest absolute Gasteiger partial charge is 0.308 e. The average molecular weight is 271 g/mol. The van der Waals surface area contributed by atoms with E-state index in [1.54, 1.807) is 0 Å². The Morgan fingerprint density at radius 3 is 2.65 bits per heavy atom. The molecule has 1 aliphatic carbocycles. The molecule has 1 saturated heterocycles. The monoisotopic (exact) mass is 271 g/mol. The lowest BCUT2D eigenvalue weighted by Gasteiger charge is -2.13. The van der Waals surface area contributed by atoms with Gasteiger partial charge in [0.05, 0.1) is 5.92 Å². The second kappa shape index (κ2) is 5.80. The van der Waals surface area contributed by atoms with Crippen LogP contribution in [0.25, 0.3) is 6.08 Å². The van der Waals surface area contributed by atoms with Crippen molar-refractivity contribution in [2.24, 2.45) is 17.8 Å². The second-order valence-electron chi connectivity index (χ2n) is 5.98. The fraction of sp³-hybridized carbons (Fsp3) is 0.471. The minimum absolute atomic E-state index is 0.160. The van der Waals surface area contributed by atoms with Crippen molar-refractivity contribution in [3.63, 3.8) is 0 Å². The highest BCUT2D eigenvalue weighted by molar-refractivity contribution is 5.71. The lowest BCUT2D eigenvalue weighted by Crippen LogP contribution is -2.24. The largest absolute Gasteiger partial charge is 0.481 e. The van der Waals surface area contributed by atoms with Crippen LogP contribution in [0.15, 0.2) is 36.4 Å². The van der Waals surface area contributed by atoms with Crippen LogP contribution in [0.2, 0.25) is 0 Å². The number of aliphatic carboxylic acids is 1. The number of benzene rings is 1. The Balaban J connectivity index is 1.56. The first-order valence-electron chi connectivity index (χ1n) is 7.41. The van der Waals surface area contributed by atoms with E-state index in [9.17, 15) is 9.90 Å². The molecule has 1 aromatic carbocycles. The SMILES string of the molecule is O=C(O)[C@@H]1CN(CC=Cc2ccccc2)C[C@H]1C1CC1. The van der Waals surface area contributed by atoms with Gasteiger partial charge in [-0.2, -0.15) is 0 Å². The number of rotatable bonds is 5. The molecule has 2 fully saturated rings. The summed E-state index contributed by atoms with van der Waals surface area (Å²) >= 11 is 0. The third-order valence-corrected chi connectivity index (χ3v) is 4.46. The lowest BCUT2D eigenvalue weighted by molar-refractivity contribution is -0.142. The predicted octanol–water partition coefficient (Wildman–Crippen LogP) is 2.74. The zero-order chi connectivity index (χ0) is 13.9. The van der Waals surface area contributed by atoms with Crippen LogP contribution in [0.3, 0.4) is 0 Å². The van der Waals surface area contributed by atoms with E-state index < -0.39 is 5.97 Å². The zero-order valence-electron chi connectivity index (χ0n) is 11.6. The van der Waals surface area contributed by atoms with Crippen LogP contribution in [0.1, 0.15) is 18.4 Å². The van der Waals surface area contributed by atoms with Crippen molar-refractivity contribution in [1.82, 2.24) is 4.90 Å². The van der Waals surface area contributed by atoms with Crippen molar-refractivity contribution in [1.29, 1.82) is 0 Å². The molecule has 3 heteroatoms. The third-order valence-electron chi connectivity index (χ3n) is 4.46. The van der Waals surface area contributed by atoms with Crippen molar-refractivity contribution in [3.8, 4) is 0 Å². The van der Waals surface area contributed by atoms with Crippen molar-refractivity contribution >= 4 is 12.0 Å². The van der Waals surface area contributed by atoms with Crippen LogP contribution < -0.4 is 0 Å². The molecule has 0 amide bonds. The Kier molecular flexibility index (Phi) is 3.88. The Labute approximate surface area is 119 Å². The molecule has 2 aliphatic rings. The maximum absolute atomic E-state index is 11.3. The Bertz CT molecular complexity index is 493. The maximum atomic E-state index is 11.3. The standard InChI is InChI=1S/C17H21NO2/c19-17(20)16-12-18(11-15(16)14-8-9-14)10-4-7-13-5-2-1-3-6-13/h1-7,14-16H,8-12H2,(H,19,20)/t15-,16+/m0/s1. The van der Waals surface area contributed by atoms with Crippen LogP contribution in [0.4, 0.5) is 0 Å². The number of carbonyl (C=O) groups is 1. The molecule has 0 aromatic heterocycles. The molecule has 0 spiro atoms. The van der Waals surface area contributed by atoms with E-state index in [1.165, 1.54) is 18.4 Å². The molecule has 0 bridgehead atoms. The Hall–Kier alpha value is -1.61. The highest BCUT2D eigenvalue weighted by Crippen LogP contribution is 2.43. The quantitative estimate of drug-likeness (QED) is 0.895. The molecule has 106 valence electrons. The van der Waals surface area contributed by atoms with Gasteiger partial charge in [-0.25, -0.2) is 0 Å². The van der Waals surface area contributed by atoms with E-state index in [4.69, 9.17) is 0 Å². The van der Waals surface area contributed by atoms with Gasteiger partial charge in [0.1, 0.15) is 0 Å². The summed E-state index contributed by atoms with van der Waals surface area (Å²) in [4.78, 5) is 13.6. The van der Waals surface area contributed by atoms with Crippen LogP contribution >= 0.6 is 0 Å². The molecule has 1 saturated carbocycles. The van der Waals surface area contributed by atoms with E-state index >= 15 is 0 Å². The summed E-state index contributed by atoms with van der Waals surface area (Å²) in [5.74, 6) is 0.265. The second-order valence-corrected chi connectivity index (χ2v) is 5.98. The molecule has 0 unspecified atom stereocenters. The molecular weight excluding hydrogens is 250 g/mol. The van der Waals surface area contributed by atoms with E-state index in [0.29, 0.717) is 18.4 Å². The molecule has 2 atom stereocenters. The van der Waals surface area contributed by atoms with Crippen LogP contribution in [-0.4, -0.2) is 35.6 Å². The van der Waals surface area contributed by atoms with Crippen molar-refractivity contribution < 1.29 is 9.90 Å². The van der Waals surface area contributed by atoms with Crippen LogP contribution in [0.5, 0.6) is 0 Å². The number of hydrogen-bond donors (Lipinski definition) is 1. The lowest BCUT2D eigenvalue weighted by atomic mass is 9.92. The first kappa shape index (κ1) is 13.4. The van der Waals surface area contributed by atoms with E-state index in [1.807, 2.05) is 18.2 Å². The maximum Gasteiger partial charge on any atom is 0.308 e. The zero-order valence-corrected chi connectivity index (χ0v) is 11.6. The van der Waals surface area contributed by atoms with Gasteiger partial charge in [-0.1, -0.05) is 42.5 Å². The van der Waals surface area contributed by atoms with Gasteiger partial charge in [0.2, 0.25) is 0 Å². The number of nitrogens with zero attached hydrogens (tertiary/aromatic N) is 1. The average Bonchev–Trinajstić information content (AvgIpc) is 3.20. The molecule has 3 rings (SSSR count). The van der Waals surface area contributed by atoms with Gasteiger partial charge >= 0.3 is 5.97 Å². The Morgan fingerprint density at radius 2 is 2.00 bits per heavy atom. The van der Waals surface area contributed by atoms with Crippen molar-refractivity contribution in [2.75, 3.05) is 19.6 Å². The third kappa shape index (κ3) is 3.10. The highest BCUT2D eigenvalue weighted by Gasteiger charge is 2.45. The summed E-state index contributed by atoms with van der Waals surface area (Å²) in [7, 11) is 0. The summed E-state index contributed by atoms with van der Waals surface area (Å²) in [5.41, 5.74) is 1.19. The van der Waals surface area contributed by atoms with E-state index in [-0.39, 0.29) is 5.92 Å². The van der Waals surface area contributed by atoms with Crippen molar-refractivity contribution in [3.05, 3.63) is 42.0 Å². The summed E-state index contributed by atoms with van der Waals surface area (Å²) in [6.07, 6.45) is 6.70. The van der Waals surface area contributed by atoms with Gasteiger partial charge in [-0.15, -0.1) is 0 Å². The van der Waals surface area contributed by atoms with Crippen LogP contribution in [0, 0.1) is 17.8 Å². The minimum Gasteiger partial charge on any atom is -0.481 e. The molecule has 0 radical (unpaired) electrons. The fourth-order valence-corrected chi connectivity index (χ4v) is 3.23. The topological polar surface area (TPSA) is 40.5 Å². The highest BCUT2D eigenvalue weighted by atomic mass is 16.4. The summed E-state index contributed by atoms with van der Waals surface area (Å²) in [6, 6.07) is 10.2. The normalized spacial score (nSPS) is 27.2. The molecule has 1 aliphatic heterocycles. The molecule has 20 heavy (non-hydrogen) atoms. The number of carboxylic acid groups (broad SMARTS) is 1. The predicted molar refractivity (Wildman–Crippen MR) is 79.3 cm³/mol. The van der Waals surface area contributed by atoms with Gasteiger partial charge in [0.25, 0.3) is 0 Å². The van der Waals surface area contributed by atoms with Crippen LogP contribution in [-0.2, 0) is 4.79 Å². The summed E-state index contributed by atoms with van der Waals surface area (Å²) in [5, 5.41) is 9.34. The van der Waals surface area contributed by atoms with E-state index in [2.05, 4.69) is 29.2 Å². The fourth-order valence-electron chi connectivity index (χ4n) is 3.23. The van der Waals surface area contributed by atoms with Gasteiger partial charge in [-0.3, -0.25) is 9.69 Å². The van der Waals surface area contributed by atoms with Crippen molar-refractivity contribution in [2.45, 2.75) is 12.8 Å². The van der Waals surface area contributed by atoms with Gasteiger partial charge < -0.3 is 5.11 Å². The van der Waals surface area contributed by atoms with E-state index in [0.717, 1.165) is 13.1 Å². The molecule has 1 heterocycles. The molecule has 1 aromatic rings. The summed E-state index contributed by atoms with van der Waals surface area (Å²) < 4.78 is 0. The summed E-state index contributed by atoms with van der Waals surface area (Å²) in [6.45, 7) is 2.50. The first-order valence-corrected chi connectivity index (χ1v) is 7.41. The van der Waals surface area contributed by atoms with Gasteiger partial charge in [-0.05, 0) is 30.2 Å².